The fraction of sp³-hybridized carbons (Fsp3) is 0.571. The summed E-state index contributed by atoms with van der Waals surface area (Å²) in [5, 5.41) is 9.81. The normalized spacial score (nSPS) is 10.7. The van der Waals surface area contributed by atoms with Crippen LogP contribution in [0.2, 0.25) is 0 Å². The zero-order valence-electron chi connectivity index (χ0n) is 11.7. The molecule has 0 bridgehead atoms. The smallest absolute Gasteiger partial charge is 0.338 e. The monoisotopic (exact) mass is 283 g/mol. The molecule has 106 valence electrons. The molecule has 0 radical (unpaired) electrons. The number of carbonyl (C=O) groups is 1. The Morgan fingerprint density at radius 1 is 1.42 bits per heavy atom. The highest BCUT2D eigenvalue weighted by atomic mass is 32.2. The summed E-state index contributed by atoms with van der Waals surface area (Å²) in [4.78, 5) is 15.6. The van der Waals surface area contributed by atoms with Gasteiger partial charge in [0.2, 0.25) is 0 Å². The number of carboxylic acids is 1. The lowest BCUT2D eigenvalue weighted by Gasteiger charge is -2.09. The highest BCUT2D eigenvalue weighted by Crippen LogP contribution is 2.24. The third-order valence-electron chi connectivity index (χ3n) is 2.63. The van der Waals surface area contributed by atoms with E-state index in [0.717, 1.165) is 36.5 Å². The molecule has 0 saturated heterocycles. The molecule has 1 aromatic rings. The summed E-state index contributed by atoms with van der Waals surface area (Å²) in [5.74, 6) is -0.195. The van der Waals surface area contributed by atoms with Gasteiger partial charge in [0.15, 0.2) is 0 Å². The van der Waals surface area contributed by atoms with Crippen LogP contribution in [0.25, 0.3) is 0 Å². The Kier molecular flexibility index (Phi) is 6.87. The highest BCUT2D eigenvalue weighted by Gasteiger charge is 2.15. The minimum absolute atomic E-state index is 0.309. The van der Waals surface area contributed by atoms with E-state index in [2.05, 4.69) is 11.9 Å². The summed E-state index contributed by atoms with van der Waals surface area (Å²) in [6, 6.07) is 1.80. The molecule has 0 atom stereocenters. The van der Waals surface area contributed by atoms with Crippen LogP contribution in [0.15, 0.2) is 11.1 Å². The molecule has 1 heterocycles. The molecule has 1 aromatic heterocycles. The standard InChI is InChI=1S/C14H21NO3S/c1-4-5-6-18-7-8-19-13-12(14(16)17)10(2)9-11(3)15-13/h9H,4-8H2,1-3H3,(H,16,17). The topological polar surface area (TPSA) is 59.4 Å². The van der Waals surface area contributed by atoms with Crippen LogP contribution >= 0.6 is 11.8 Å². The van der Waals surface area contributed by atoms with Gasteiger partial charge in [-0.1, -0.05) is 13.3 Å². The summed E-state index contributed by atoms with van der Waals surface area (Å²) in [6.07, 6.45) is 2.18. The summed E-state index contributed by atoms with van der Waals surface area (Å²) in [6.45, 7) is 7.19. The van der Waals surface area contributed by atoms with Crippen LogP contribution in [-0.4, -0.2) is 35.0 Å². The maximum absolute atomic E-state index is 11.2. The van der Waals surface area contributed by atoms with E-state index < -0.39 is 5.97 Å². The van der Waals surface area contributed by atoms with Gasteiger partial charge in [-0.05, 0) is 31.9 Å². The number of thioether (sulfide) groups is 1. The van der Waals surface area contributed by atoms with Gasteiger partial charge in [0.25, 0.3) is 0 Å². The van der Waals surface area contributed by atoms with Gasteiger partial charge in [0.1, 0.15) is 5.03 Å². The molecular formula is C14H21NO3S. The minimum Gasteiger partial charge on any atom is -0.478 e. The predicted octanol–water partition coefficient (Wildman–Crippen LogP) is 3.31. The minimum atomic E-state index is -0.917. The van der Waals surface area contributed by atoms with E-state index in [-0.39, 0.29) is 0 Å². The average molecular weight is 283 g/mol. The van der Waals surface area contributed by atoms with E-state index >= 15 is 0 Å². The number of ether oxygens (including phenoxy) is 1. The summed E-state index contributed by atoms with van der Waals surface area (Å²) in [5.41, 5.74) is 1.91. The van der Waals surface area contributed by atoms with Crippen LogP contribution in [0.1, 0.15) is 41.4 Å². The first-order valence-corrected chi connectivity index (χ1v) is 7.47. The number of aromatic nitrogens is 1. The van der Waals surface area contributed by atoms with Crippen molar-refractivity contribution in [3.63, 3.8) is 0 Å². The fourth-order valence-corrected chi connectivity index (χ4v) is 2.71. The molecule has 0 amide bonds. The molecule has 4 nitrogen and oxygen atoms in total. The molecule has 0 aromatic carbocycles. The third-order valence-corrected chi connectivity index (χ3v) is 3.57. The maximum atomic E-state index is 11.2. The van der Waals surface area contributed by atoms with Gasteiger partial charge in [-0.25, -0.2) is 9.78 Å². The first kappa shape index (κ1) is 16.0. The van der Waals surface area contributed by atoms with Crippen LogP contribution in [0, 0.1) is 13.8 Å². The number of rotatable bonds is 8. The Hall–Kier alpha value is -1.07. The van der Waals surface area contributed by atoms with Gasteiger partial charge in [0, 0.05) is 18.1 Å². The Bertz CT molecular complexity index is 435. The second-order valence-electron chi connectivity index (χ2n) is 4.38. The lowest BCUT2D eigenvalue weighted by Crippen LogP contribution is -2.07. The van der Waals surface area contributed by atoms with Crippen molar-refractivity contribution in [1.82, 2.24) is 4.98 Å². The lowest BCUT2D eigenvalue weighted by molar-refractivity contribution is 0.0691. The number of pyridine rings is 1. The number of unbranched alkanes of at least 4 members (excludes halogenated alkanes) is 1. The van der Waals surface area contributed by atoms with E-state index in [9.17, 15) is 9.90 Å². The van der Waals surface area contributed by atoms with E-state index in [1.54, 1.807) is 13.0 Å². The molecule has 0 aliphatic carbocycles. The van der Waals surface area contributed by atoms with Crippen molar-refractivity contribution in [2.75, 3.05) is 19.0 Å². The molecule has 0 aliphatic heterocycles. The number of nitrogens with zero attached hydrogens (tertiary/aromatic N) is 1. The Labute approximate surface area is 118 Å². The van der Waals surface area contributed by atoms with Crippen molar-refractivity contribution in [2.24, 2.45) is 0 Å². The SMILES string of the molecule is CCCCOCCSc1nc(C)cc(C)c1C(=O)O. The molecule has 0 saturated carbocycles. The van der Waals surface area contributed by atoms with Crippen molar-refractivity contribution in [3.8, 4) is 0 Å². The third kappa shape index (κ3) is 5.20. The number of hydrogen-bond donors (Lipinski definition) is 1. The second kappa shape index (κ2) is 8.17. The van der Waals surface area contributed by atoms with Gasteiger partial charge in [0.05, 0.1) is 12.2 Å². The molecule has 0 fully saturated rings. The molecule has 19 heavy (non-hydrogen) atoms. The lowest BCUT2D eigenvalue weighted by atomic mass is 10.1. The van der Waals surface area contributed by atoms with Crippen molar-refractivity contribution in [1.29, 1.82) is 0 Å². The van der Waals surface area contributed by atoms with Crippen LogP contribution in [0.4, 0.5) is 0 Å². The Balaban J connectivity index is 2.59. The van der Waals surface area contributed by atoms with E-state index in [1.807, 2.05) is 6.92 Å². The van der Waals surface area contributed by atoms with Crippen LogP contribution in [0.3, 0.4) is 0 Å². The van der Waals surface area contributed by atoms with Crippen LogP contribution in [0.5, 0.6) is 0 Å². The maximum Gasteiger partial charge on any atom is 0.338 e. The fourth-order valence-electron chi connectivity index (χ4n) is 1.71. The van der Waals surface area contributed by atoms with E-state index in [4.69, 9.17) is 4.74 Å². The van der Waals surface area contributed by atoms with Gasteiger partial charge in [-0.2, -0.15) is 0 Å². The van der Waals surface area contributed by atoms with Gasteiger partial charge < -0.3 is 9.84 Å². The number of aromatic carboxylic acids is 1. The highest BCUT2D eigenvalue weighted by molar-refractivity contribution is 7.99. The van der Waals surface area contributed by atoms with Crippen LogP contribution in [-0.2, 0) is 4.74 Å². The largest absolute Gasteiger partial charge is 0.478 e. The molecule has 0 unspecified atom stereocenters. The molecular weight excluding hydrogens is 262 g/mol. The van der Waals surface area contributed by atoms with E-state index in [0.29, 0.717) is 17.2 Å². The Morgan fingerprint density at radius 2 is 2.16 bits per heavy atom. The molecule has 0 aliphatic rings. The quantitative estimate of drug-likeness (QED) is 0.586. The average Bonchev–Trinajstić information content (AvgIpc) is 2.32. The van der Waals surface area contributed by atoms with Crippen LogP contribution < -0.4 is 0 Å². The van der Waals surface area contributed by atoms with Gasteiger partial charge in [-0.3, -0.25) is 0 Å². The second-order valence-corrected chi connectivity index (χ2v) is 5.46. The van der Waals surface area contributed by atoms with Crippen molar-refractivity contribution in [2.45, 2.75) is 38.6 Å². The number of hydrogen-bond acceptors (Lipinski definition) is 4. The van der Waals surface area contributed by atoms with Crippen molar-refractivity contribution in [3.05, 3.63) is 22.9 Å². The molecule has 0 spiro atoms. The number of carboxylic acid groups (broad SMARTS) is 1. The Morgan fingerprint density at radius 3 is 2.79 bits per heavy atom. The van der Waals surface area contributed by atoms with E-state index in [1.165, 1.54) is 11.8 Å². The summed E-state index contributed by atoms with van der Waals surface area (Å²) >= 11 is 1.44. The predicted molar refractivity (Wildman–Crippen MR) is 77.1 cm³/mol. The zero-order chi connectivity index (χ0) is 14.3. The molecule has 1 rings (SSSR count). The first-order valence-electron chi connectivity index (χ1n) is 6.48. The molecule has 5 heteroatoms. The summed E-state index contributed by atoms with van der Waals surface area (Å²) in [7, 11) is 0. The molecule has 1 N–H and O–H groups in total. The van der Waals surface area contributed by atoms with Gasteiger partial charge in [-0.15, -0.1) is 11.8 Å². The first-order chi connectivity index (χ1) is 9.06. The zero-order valence-corrected chi connectivity index (χ0v) is 12.5. The van der Waals surface area contributed by atoms with Crippen molar-refractivity contribution >= 4 is 17.7 Å². The number of aryl methyl sites for hydroxylation is 2. The van der Waals surface area contributed by atoms with Crippen molar-refractivity contribution < 1.29 is 14.6 Å². The summed E-state index contributed by atoms with van der Waals surface area (Å²) < 4.78 is 5.46. The van der Waals surface area contributed by atoms with Gasteiger partial charge >= 0.3 is 5.97 Å².